The van der Waals surface area contributed by atoms with Crippen molar-refractivity contribution in [1.82, 2.24) is 14.5 Å². The minimum absolute atomic E-state index is 0.259. The fourth-order valence-corrected chi connectivity index (χ4v) is 4.06. The van der Waals surface area contributed by atoms with Crippen LogP contribution in [0.1, 0.15) is 18.4 Å². The van der Waals surface area contributed by atoms with Crippen LogP contribution in [0.5, 0.6) is 0 Å². The molecule has 3 aliphatic rings. The Bertz CT molecular complexity index is 1520. The molecule has 0 radical (unpaired) electrons. The quantitative estimate of drug-likeness (QED) is 0.364. The Labute approximate surface area is 190 Å². The molecule has 1 aromatic heterocycles. The van der Waals surface area contributed by atoms with Crippen molar-refractivity contribution in [1.29, 1.82) is 0 Å². The number of rotatable bonds is 4. The largest absolute Gasteiger partial charge is 0.352 e. The smallest absolute Gasteiger partial charge is 0.123 e. The van der Waals surface area contributed by atoms with Crippen molar-refractivity contribution < 1.29 is 4.39 Å². The summed E-state index contributed by atoms with van der Waals surface area (Å²) in [4.78, 5) is 14.2. The highest BCUT2D eigenvalue weighted by Crippen LogP contribution is 2.31. The van der Waals surface area contributed by atoms with Crippen molar-refractivity contribution >= 4 is 22.4 Å². The van der Waals surface area contributed by atoms with Crippen LogP contribution in [0.4, 0.5) is 15.8 Å². The van der Waals surface area contributed by atoms with E-state index in [0.717, 1.165) is 63.2 Å². The molecule has 0 unspecified atom stereocenters. The fraction of sp³-hybridized carbons (Fsp3) is 0.148. The van der Waals surface area contributed by atoms with Gasteiger partial charge >= 0.3 is 0 Å². The number of hydrogen-bond acceptors (Lipinski definition) is 4. The van der Waals surface area contributed by atoms with Gasteiger partial charge in [0.2, 0.25) is 0 Å². The predicted octanol–water partition coefficient (Wildman–Crippen LogP) is 5.78. The monoisotopic (exact) mass is 435 g/mol. The lowest BCUT2D eigenvalue weighted by atomic mass is 10.1. The van der Waals surface area contributed by atoms with Gasteiger partial charge in [-0.05, 0) is 79.9 Å². The SMILES string of the molecule is Cc1ccncc1Nc1cc2nc3ccccc3n(-c3ccc(F)cc3)c-2c/c1=N\C1CC1. The first-order valence-electron chi connectivity index (χ1n) is 11.1. The standard InChI is InChI=1S/C27H22FN5/c1-17-12-13-29-16-25(17)32-22-14-24-27(15-23(22)30-19-8-9-19)33(20-10-6-18(28)7-11-20)26-5-3-2-4-21(26)31-24/h2-7,10-16,19,32H,8-9H2,1H3/b30-23+. The predicted molar refractivity (Wildman–Crippen MR) is 128 cm³/mol. The highest BCUT2D eigenvalue weighted by Gasteiger charge is 2.22. The van der Waals surface area contributed by atoms with E-state index in [2.05, 4.69) is 33.9 Å². The van der Waals surface area contributed by atoms with E-state index < -0.39 is 0 Å². The summed E-state index contributed by atoms with van der Waals surface area (Å²) in [5, 5.41) is 4.42. The Morgan fingerprint density at radius 1 is 1.00 bits per heavy atom. The first-order valence-corrected chi connectivity index (χ1v) is 11.1. The molecule has 0 bridgehead atoms. The number of hydrogen-bond donors (Lipinski definition) is 1. The molecular formula is C27H22FN5. The van der Waals surface area contributed by atoms with Gasteiger partial charge in [-0.1, -0.05) is 12.1 Å². The second-order valence-corrected chi connectivity index (χ2v) is 8.45. The van der Waals surface area contributed by atoms with E-state index in [1.165, 1.54) is 12.1 Å². The molecule has 0 spiro atoms. The van der Waals surface area contributed by atoms with E-state index in [1.54, 1.807) is 18.3 Å². The number of aryl methyl sites for hydroxylation is 1. The van der Waals surface area contributed by atoms with Crippen LogP contribution in [-0.4, -0.2) is 20.6 Å². The number of anilines is 2. The van der Waals surface area contributed by atoms with Gasteiger partial charge in [-0.15, -0.1) is 0 Å². The van der Waals surface area contributed by atoms with Gasteiger partial charge in [0.1, 0.15) is 5.82 Å². The highest BCUT2D eigenvalue weighted by atomic mass is 19.1. The number of nitrogens with zero attached hydrogens (tertiary/aromatic N) is 4. The second-order valence-electron chi connectivity index (χ2n) is 8.45. The van der Waals surface area contributed by atoms with E-state index in [4.69, 9.17) is 9.98 Å². The van der Waals surface area contributed by atoms with Crippen molar-refractivity contribution in [2.45, 2.75) is 25.8 Å². The molecule has 0 saturated heterocycles. The summed E-state index contributed by atoms with van der Waals surface area (Å²) in [7, 11) is 0. The molecular weight excluding hydrogens is 413 g/mol. The molecule has 6 heteroatoms. The minimum atomic E-state index is -0.259. The third-order valence-corrected chi connectivity index (χ3v) is 5.96. The van der Waals surface area contributed by atoms with Crippen LogP contribution in [0.2, 0.25) is 0 Å². The van der Waals surface area contributed by atoms with Gasteiger partial charge in [-0.2, -0.15) is 0 Å². The number of para-hydroxylation sites is 2. The number of fused-ring (bicyclic) bond motifs is 2. The number of nitrogens with one attached hydrogen (secondary N) is 1. The Morgan fingerprint density at radius 3 is 2.61 bits per heavy atom. The lowest BCUT2D eigenvalue weighted by Crippen LogP contribution is -2.16. The van der Waals surface area contributed by atoms with Gasteiger partial charge in [-0.25, -0.2) is 9.37 Å². The summed E-state index contributed by atoms with van der Waals surface area (Å²) in [6, 6.07) is 21.0. The van der Waals surface area contributed by atoms with Crippen molar-refractivity contribution in [2.24, 2.45) is 4.99 Å². The summed E-state index contributed by atoms with van der Waals surface area (Å²) in [5.74, 6) is -0.259. The molecule has 0 atom stereocenters. The Hall–Kier alpha value is -4.06. The second kappa shape index (κ2) is 7.81. The first kappa shape index (κ1) is 19.6. The van der Waals surface area contributed by atoms with E-state index >= 15 is 0 Å². The minimum Gasteiger partial charge on any atom is -0.352 e. The number of halogens is 1. The Morgan fingerprint density at radius 2 is 1.82 bits per heavy atom. The number of pyridine rings is 1. The summed E-state index contributed by atoms with van der Waals surface area (Å²) >= 11 is 0. The summed E-state index contributed by atoms with van der Waals surface area (Å²) in [6.07, 6.45) is 5.83. The van der Waals surface area contributed by atoms with Crippen LogP contribution < -0.4 is 10.7 Å². The molecule has 33 heavy (non-hydrogen) atoms. The van der Waals surface area contributed by atoms with E-state index in [-0.39, 0.29) is 5.82 Å². The van der Waals surface area contributed by atoms with Gasteiger partial charge in [0, 0.05) is 11.9 Å². The van der Waals surface area contributed by atoms with E-state index in [0.29, 0.717) is 6.04 Å². The van der Waals surface area contributed by atoms with E-state index in [1.807, 2.05) is 36.5 Å². The van der Waals surface area contributed by atoms with Gasteiger partial charge in [0.25, 0.3) is 0 Å². The van der Waals surface area contributed by atoms with Gasteiger partial charge in [0.15, 0.2) is 0 Å². The topological polar surface area (TPSA) is 55.1 Å². The molecule has 2 aromatic carbocycles. The van der Waals surface area contributed by atoms with Crippen LogP contribution in [0.25, 0.3) is 28.1 Å². The zero-order valence-corrected chi connectivity index (χ0v) is 18.2. The zero-order valence-electron chi connectivity index (χ0n) is 18.2. The molecule has 5 nitrogen and oxygen atoms in total. The van der Waals surface area contributed by atoms with Crippen LogP contribution in [-0.2, 0) is 0 Å². The maximum atomic E-state index is 13.7. The molecule has 1 saturated carbocycles. The summed E-state index contributed by atoms with van der Waals surface area (Å²) in [6.45, 7) is 2.05. The average Bonchev–Trinajstić information content (AvgIpc) is 3.64. The first-order chi connectivity index (χ1) is 16.2. The molecule has 2 aliphatic carbocycles. The molecule has 0 amide bonds. The van der Waals surface area contributed by atoms with Crippen molar-refractivity contribution in [3.05, 3.63) is 95.9 Å². The van der Waals surface area contributed by atoms with Crippen molar-refractivity contribution in [3.8, 4) is 17.1 Å². The zero-order chi connectivity index (χ0) is 22.4. The van der Waals surface area contributed by atoms with Crippen molar-refractivity contribution in [2.75, 3.05) is 5.32 Å². The highest BCUT2D eigenvalue weighted by molar-refractivity contribution is 5.84. The molecule has 2 heterocycles. The fourth-order valence-electron chi connectivity index (χ4n) is 4.06. The maximum absolute atomic E-state index is 13.7. The molecule has 162 valence electrons. The molecule has 3 aromatic rings. The van der Waals surface area contributed by atoms with Crippen LogP contribution in [0.3, 0.4) is 0 Å². The van der Waals surface area contributed by atoms with Crippen LogP contribution in [0, 0.1) is 12.7 Å². The van der Waals surface area contributed by atoms with E-state index in [9.17, 15) is 4.39 Å². The summed E-state index contributed by atoms with van der Waals surface area (Å²) in [5.41, 5.74) is 7.40. The molecule has 1 N–H and O–H groups in total. The third-order valence-electron chi connectivity index (χ3n) is 5.96. The Balaban J connectivity index is 1.64. The van der Waals surface area contributed by atoms with Crippen LogP contribution in [0.15, 0.2) is 84.1 Å². The number of aromatic nitrogens is 3. The summed E-state index contributed by atoms with van der Waals surface area (Å²) < 4.78 is 15.8. The van der Waals surface area contributed by atoms with Gasteiger partial charge < -0.3 is 9.88 Å². The number of benzene rings is 3. The average molecular weight is 436 g/mol. The van der Waals surface area contributed by atoms with Crippen molar-refractivity contribution in [3.63, 3.8) is 0 Å². The third kappa shape index (κ3) is 3.74. The Kier molecular flexibility index (Phi) is 4.64. The normalized spacial score (nSPS) is 14.2. The van der Waals surface area contributed by atoms with Gasteiger partial charge in [0.05, 0.1) is 51.4 Å². The lowest BCUT2D eigenvalue weighted by Gasteiger charge is -2.20. The molecule has 1 aliphatic heterocycles. The lowest BCUT2D eigenvalue weighted by molar-refractivity contribution is 0.627. The molecule has 6 rings (SSSR count). The van der Waals surface area contributed by atoms with Gasteiger partial charge in [-0.3, -0.25) is 9.98 Å². The van der Waals surface area contributed by atoms with Crippen LogP contribution >= 0.6 is 0 Å². The maximum Gasteiger partial charge on any atom is 0.123 e. The molecule has 1 fully saturated rings.